The summed E-state index contributed by atoms with van der Waals surface area (Å²) >= 11 is 0. The Morgan fingerprint density at radius 2 is 1.90 bits per heavy atom. The van der Waals surface area contributed by atoms with E-state index in [4.69, 9.17) is 4.74 Å². The Labute approximate surface area is 124 Å². The average Bonchev–Trinajstić information content (AvgIpc) is 2.82. The maximum atomic E-state index is 5.73. The van der Waals surface area contributed by atoms with E-state index in [0.29, 0.717) is 23.5 Å². The van der Waals surface area contributed by atoms with Crippen LogP contribution in [-0.4, -0.2) is 74.4 Å². The molecule has 0 amide bonds. The van der Waals surface area contributed by atoms with Crippen LogP contribution in [0.4, 0.5) is 0 Å². The summed E-state index contributed by atoms with van der Waals surface area (Å²) < 4.78 is 5.73. The van der Waals surface area contributed by atoms with Gasteiger partial charge in [-0.3, -0.25) is 9.80 Å². The first kappa shape index (κ1) is 16.2. The Kier molecular flexibility index (Phi) is 5.46. The van der Waals surface area contributed by atoms with Gasteiger partial charge in [-0.2, -0.15) is 0 Å². The van der Waals surface area contributed by atoms with Gasteiger partial charge >= 0.3 is 0 Å². The Balaban J connectivity index is 1.94. The predicted molar refractivity (Wildman–Crippen MR) is 84.1 cm³/mol. The van der Waals surface area contributed by atoms with Crippen molar-refractivity contribution in [3.05, 3.63) is 0 Å². The van der Waals surface area contributed by atoms with Crippen LogP contribution in [-0.2, 0) is 4.74 Å². The summed E-state index contributed by atoms with van der Waals surface area (Å²) in [7, 11) is 2.25. The van der Waals surface area contributed by atoms with E-state index < -0.39 is 0 Å². The SMILES string of the molecule is CC(C)NCC1(CN2CC(C)N(C)C(C)C2)CCOC1. The van der Waals surface area contributed by atoms with Crippen LogP contribution in [0.1, 0.15) is 34.1 Å². The van der Waals surface area contributed by atoms with E-state index in [1.165, 1.54) is 26.1 Å². The van der Waals surface area contributed by atoms with Crippen LogP contribution in [0.5, 0.6) is 0 Å². The van der Waals surface area contributed by atoms with Gasteiger partial charge in [0.25, 0.3) is 0 Å². The van der Waals surface area contributed by atoms with Gasteiger partial charge in [0.2, 0.25) is 0 Å². The number of hydrogen-bond acceptors (Lipinski definition) is 4. The molecule has 0 aliphatic carbocycles. The monoisotopic (exact) mass is 283 g/mol. The number of rotatable bonds is 5. The smallest absolute Gasteiger partial charge is 0.0547 e. The fourth-order valence-electron chi connectivity index (χ4n) is 3.51. The van der Waals surface area contributed by atoms with Crippen LogP contribution in [0.3, 0.4) is 0 Å². The van der Waals surface area contributed by atoms with Gasteiger partial charge in [0.15, 0.2) is 0 Å². The molecule has 0 spiro atoms. The number of ether oxygens (including phenoxy) is 1. The van der Waals surface area contributed by atoms with E-state index in [9.17, 15) is 0 Å². The first-order chi connectivity index (χ1) is 9.42. The Hall–Kier alpha value is -0.160. The zero-order valence-electron chi connectivity index (χ0n) is 14.0. The van der Waals surface area contributed by atoms with Crippen molar-refractivity contribution >= 4 is 0 Å². The zero-order valence-corrected chi connectivity index (χ0v) is 14.0. The molecule has 0 radical (unpaired) electrons. The first-order valence-electron chi connectivity index (χ1n) is 8.17. The first-order valence-corrected chi connectivity index (χ1v) is 8.17. The summed E-state index contributed by atoms with van der Waals surface area (Å²) in [5, 5.41) is 3.63. The number of piperazine rings is 1. The third-order valence-corrected chi connectivity index (χ3v) is 5.06. The molecule has 0 saturated carbocycles. The highest BCUT2D eigenvalue weighted by molar-refractivity contribution is 4.92. The molecule has 2 rings (SSSR count). The summed E-state index contributed by atoms with van der Waals surface area (Å²) in [6, 6.07) is 1.85. The molecular formula is C16H33N3O. The van der Waals surface area contributed by atoms with Gasteiger partial charge in [-0.1, -0.05) is 13.8 Å². The van der Waals surface area contributed by atoms with Crippen LogP contribution >= 0.6 is 0 Å². The fourth-order valence-corrected chi connectivity index (χ4v) is 3.51. The molecule has 3 atom stereocenters. The van der Waals surface area contributed by atoms with Gasteiger partial charge in [-0.15, -0.1) is 0 Å². The predicted octanol–water partition coefficient (Wildman–Crippen LogP) is 1.42. The lowest BCUT2D eigenvalue weighted by molar-refractivity contribution is 0.0263. The summed E-state index contributed by atoms with van der Waals surface area (Å²) in [5.41, 5.74) is 0.319. The fraction of sp³-hybridized carbons (Fsp3) is 1.00. The number of nitrogens with zero attached hydrogens (tertiary/aromatic N) is 2. The number of nitrogens with one attached hydrogen (secondary N) is 1. The normalized spacial score (nSPS) is 36.9. The molecule has 118 valence electrons. The minimum absolute atomic E-state index is 0.319. The second-order valence-corrected chi connectivity index (χ2v) is 7.40. The quantitative estimate of drug-likeness (QED) is 0.826. The molecule has 0 aromatic carbocycles. The van der Waals surface area contributed by atoms with Crippen LogP contribution in [0, 0.1) is 5.41 Å². The standard InChI is InChI=1S/C16H33N3O/c1-13(2)17-10-16(6-7-20-12-16)11-19-8-14(3)18(5)15(4)9-19/h13-15,17H,6-12H2,1-5H3. The lowest BCUT2D eigenvalue weighted by Gasteiger charge is -2.45. The molecule has 2 saturated heterocycles. The van der Waals surface area contributed by atoms with Crippen molar-refractivity contribution in [3.63, 3.8) is 0 Å². The molecule has 2 aliphatic rings. The van der Waals surface area contributed by atoms with Gasteiger partial charge in [0.05, 0.1) is 6.61 Å². The maximum Gasteiger partial charge on any atom is 0.0547 e. The third kappa shape index (κ3) is 3.94. The molecular weight excluding hydrogens is 250 g/mol. The lowest BCUT2D eigenvalue weighted by atomic mass is 9.85. The molecule has 20 heavy (non-hydrogen) atoms. The van der Waals surface area contributed by atoms with Crippen molar-refractivity contribution in [1.29, 1.82) is 0 Å². The molecule has 0 bridgehead atoms. The van der Waals surface area contributed by atoms with Crippen molar-refractivity contribution in [1.82, 2.24) is 15.1 Å². The molecule has 4 heteroatoms. The highest BCUT2D eigenvalue weighted by atomic mass is 16.5. The summed E-state index contributed by atoms with van der Waals surface area (Å²) in [5.74, 6) is 0. The highest BCUT2D eigenvalue weighted by Crippen LogP contribution is 2.30. The maximum absolute atomic E-state index is 5.73. The Morgan fingerprint density at radius 1 is 1.25 bits per heavy atom. The molecule has 0 aromatic rings. The summed E-state index contributed by atoms with van der Waals surface area (Å²) in [6.07, 6.45) is 1.20. The third-order valence-electron chi connectivity index (χ3n) is 5.06. The van der Waals surface area contributed by atoms with E-state index in [0.717, 1.165) is 19.8 Å². The molecule has 2 aliphatic heterocycles. The van der Waals surface area contributed by atoms with Crippen molar-refractivity contribution in [2.75, 3.05) is 46.4 Å². The Bertz CT molecular complexity index is 290. The minimum atomic E-state index is 0.319. The Morgan fingerprint density at radius 3 is 2.40 bits per heavy atom. The molecule has 4 nitrogen and oxygen atoms in total. The van der Waals surface area contributed by atoms with E-state index in [1.54, 1.807) is 0 Å². The van der Waals surface area contributed by atoms with Crippen molar-refractivity contribution in [2.45, 2.75) is 52.2 Å². The number of hydrogen-bond donors (Lipinski definition) is 1. The molecule has 0 aromatic heterocycles. The average molecular weight is 283 g/mol. The van der Waals surface area contributed by atoms with Crippen LogP contribution in [0.25, 0.3) is 0 Å². The highest BCUT2D eigenvalue weighted by Gasteiger charge is 2.38. The van der Waals surface area contributed by atoms with Crippen LogP contribution < -0.4 is 5.32 Å². The van der Waals surface area contributed by atoms with Gasteiger partial charge in [-0.25, -0.2) is 0 Å². The van der Waals surface area contributed by atoms with E-state index in [1.807, 2.05) is 0 Å². The molecule has 2 heterocycles. The van der Waals surface area contributed by atoms with E-state index in [-0.39, 0.29) is 0 Å². The van der Waals surface area contributed by atoms with E-state index in [2.05, 4.69) is 49.9 Å². The van der Waals surface area contributed by atoms with E-state index >= 15 is 0 Å². The molecule has 2 fully saturated rings. The summed E-state index contributed by atoms with van der Waals surface area (Å²) in [4.78, 5) is 5.16. The van der Waals surface area contributed by atoms with Crippen LogP contribution in [0.15, 0.2) is 0 Å². The topological polar surface area (TPSA) is 27.7 Å². The second-order valence-electron chi connectivity index (χ2n) is 7.40. The number of likely N-dealkylation sites (N-methyl/N-ethyl adjacent to an activating group) is 1. The van der Waals surface area contributed by atoms with Gasteiger partial charge in [0, 0.05) is 56.3 Å². The van der Waals surface area contributed by atoms with Crippen molar-refractivity contribution < 1.29 is 4.74 Å². The van der Waals surface area contributed by atoms with Crippen molar-refractivity contribution in [2.24, 2.45) is 5.41 Å². The van der Waals surface area contributed by atoms with Gasteiger partial charge < -0.3 is 10.1 Å². The minimum Gasteiger partial charge on any atom is -0.381 e. The zero-order chi connectivity index (χ0) is 14.8. The van der Waals surface area contributed by atoms with Gasteiger partial charge in [-0.05, 0) is 27.3 Å². The van der Waals surface area contributed by atoms with Crippen molar-refractivity contribution in [3.8, 4) is 0 Å². The molecule has 1 N–H and O–H groups in total. The summed E-state index contributed by atoms with van der Waals surface area (Å²) in [6.45, 7) is 15.6. The van der Waals surface area contributed by atoms with Crippen LogP contribution in [0.2, 0.25) is 0 Å². The second kappa shape index (κ2) is 6.73. The molecule has 3 unspecified atom stereocenters. The largest absolute Gasteiger partial charge is 0.381 e. The lowest BCUT2D eigenvalue weighted by Crippen LogP contribution is -2.58. The van der Waals surface area contributed by atoms with Gasteiger partial charge in [0.1, 0.15) is 0 Å².